The highest BCUT2D eigenvalue weighted by molar-refractivity contribution is 14.0. The summed E-state index contributed by atoms with van der Waals surface area (Å²) in [5.41, 5.74) is 1.33. The van der Waals surface area contributed by atoms with Crippen LogP contribution in [0.4, 0.5) is 0 Å². The minimum Gasteiger partial charge on any atom is -0.492 e. The molecular formula is C16H28IN3O. The van der Waals surface area contributed by atoms with Crippen LogP contribution in [0.1, 0.15) is 25.3 Å². The summed E-state index contributed by atoms with van der Waals surface area (Å²) >= 11 is 0. The second kappa shape index (κ2) is 9.87. The minimum absolute atomic E-state index is 0. The van der Waals surface area contributed by atoms with Crippen LogP contribution in [0.3, 0.4) is 0 Å². The third-order valence-electron chi connectivity index (χ3n) is 2.96. The van der Waals surface area contributed by atoms with Gasteiger partial charge in [-0.15, -0.1) is 24.0 Å². The second-order valence-electron chi connectivity index (χ2n) is 5.54. The molecule has 0 atom stereocenters. The fraction of sp³-hybridized carbons (Fsp3) is 0.562. The SMILES string of the molecule is CC(C)c1ccc(OCCN=C(N(C)C)N(C)C)cc1.I. The number of rotatable bonds is 5. The monoisotopic (exact) mass is 405 g/mol. The van der Waals surface area contributed by atoms with Crippen molar-refractivity contribution in [1.29, 1.82) is 0 Å². The first-order valence-electron chi connectivity index (χ1n) is 7.03. The molecule has 0 aliphatic heterocycles. The van der Waals surface area contributed by atoms with Crippen molar-refractivity contribution in [3.63, 3.8) is 0 Å². The largest absolute Gasteiger partial charge is 0.492 e. The lowest BCUT2D eigenvalue weighted by Crippen LogP contribution is -2.35. The van der Waals surface area contributed by atoms with E-state index in [1.807, 2.05) is 50.1 Å². The zero-order valence-electron chi connectivity index (χ0n) is 14.0. The van der Waals surface area contributed by atoms with Crippen LogP contribution < -0.4 is 4.74 Å². The van der Waals surface area contributed by atoms with Crippen LogP contribution in [0, 0.1) is 0 Å². The summed E-state index contributed by atoms with van der Waals surface area (Å²) in [6, 6.07) is 8.29. The molecule has 5 heteroatoms. The maximum absolute atomic E-state index is 5.71. The number of hydrogen-bond donors (Lipinski definition) is 0. The van der Waals surface area contributed by atoms with E-state index in [2.05, 4.69) is 31.0 Å². The average Bonchev–Trinajstić information content (AvgIpc) is 2.38. The van der Waals surface area contributed by atoms with E-state index in [0.29, 0.717) is 19.1 Å². The van der Waals surface area contributed by atoms with Crippen molar-refractivity contribution in [3.8, 4) is 5.75 Å². The molecule has 0 aromatic heterocycles. The molecule has 0 aliphatic carbocycles. The molecule has 0 radical (unpaired) electrons. The van der Waals surface area contributed by atoms with Gasteiger partial charge in [-0.25, -0.2) is 4.99 Å². The Balaban J connectivity index is 0.00000400. The normalized spacial score (nSPS) is 9.86. The number of halogens is 1. The molecule has 0 heterocycles. The Kier molecular flexibility index (Phi) is 9.41. The van der Waals surface area contributed by atoms with Crippen molar-refractivity contribution < 1.29 is 4.74 Å². The molecule has 0 amide bonds. The van der Waals surface area contributed by atoms with Gasteiger partial charge in [-0.3, -0.25) is 0 Å². The van der Waals surface area contributed by atoms with Crippen molar-refractivity contribution in [1.82, 2.24) is 9.80 Å². The Labute approximate surface area is 146 Å². The molecule has 0 N–H and O–H groups in total. The zero-order valence-corrected chi connectivity index (χ0v) is 16.3. The summed E-state index contributed by atoms with van der Waals surface area (Å²) in [6.45, 7) is 5.62. The number of guanidine groups is 1. The maximum Gasteiger partial charge on any atom is 0.195 e. The van der Waals surface area contributed by atoms with E-state index in [1.54, 1.807) is 0 Å². The van der Waals surface area contributed by atoms with Crippen LogP contribution in [-0.2, 0) is 0 Å². The molecule has 4 nitrogen and oxygen atoms in total. The van der Waals surface area contributed by atoms with Gasteiger partial charge in [0.2, 0.25) is 0 Å². The highest BCUT2D eigenvalue weighted by Crippen LogP contribution is 2.18. The molecule has 21 heavy (non-hydrogen) atoms. The Bertz CT molecular complexity index is 418. The lowest BCUT2D eigenvalue weighted by Gasteiger charge is -2.22. The van der Waals surface area contributed by atoms with Crippen molar-refractivity contribution in [3.05, 3.63) is 29.8 Å². The van der Waals surface area contributed by atoms with Gasteiger partial charge in [0.15, 0.2) is 5.96 Å². The topological polar surface area (TPSA) is 28.1 Å². The van der Waals surface area contributed by atoms with Crippen LogP contribution in [0.5, 0.6) is 5.75 Å². The smallest absolute Gasteiger partial charge is 0.195 e. The highest BCUT2D eigenvalue weighted by atomic mass is 127. The number of aliphatic imine (C=N–C) groups is 1. The van der Waals surface area contributed by atoms with E-state index >= 15 is 0 Å². The van der Waals surface area contributed by atoms with Gasteiger partial charge >= 0.3 is 0 Å². The van der Waals surface area contributed by atoms with Gasteiger partial charge < -0.3 is 14.5 Å². The molecule has 1 rings (SSSR count). The maximum atomic E-state index is 5.71. The quantitative estimate of drug-likeness (QED) is 0.326. The van der Waals surface area contributed by atoms with Gasteiger partial charge in [0.1, 0.15) is 12.4 Å². The minimum atomic E-state index is 0. The predicted molar refractivity (Wildman–Crippen MR) is 101 cm³/mol. The predicted octanol–water partition coefficient (Wildman–Crippen LogP) is 3.29. The summed E-state index contributed by atoms with van der Waals surface area (Å²) in [6.07, 6.45) is 0. The molecule has 0 bridgehead atoms. The van der Waals surface area contributed by atoms with Gasteiger partial charge in [-0.1, -0.05) is 26.0 Å². The first-order valence-corrected chi connectivity index (χ1v) is 7.03. The van der Waals surface area contributed by atoms with Crippen molar-refractivity contribution in [2.75, 3.05) is 41.3 Å². The van der Waals surface area contributed by atoms with Gasteiger partial charge in [-0.2, -0.15) is 0 Å². The Morgan fingerprint density at radius 2 is 1.57 bits per heavy atom. The first kappa shape index (κ1) is 20.0. The summed E-state index contributed by atoms with van der Waals surface area (Å²) in [4.78, 5) is 8.52. The summed E-state index contributed by atoms with van der Waals surface area (Å²) in [5, 5.41) is 0. The molecular weight excluding hydrogens is 377 g/mol. The number of nitrogens with zero attached hydrogens (tertiary/aromatic N) is 3. The summed E-state index contributed by atoms with van der Waals surface area (Å²) in [5.74, 6) is 2.40. The molecule has 0 saturated carbocycles. The third-order valence-corrected chi connectivity index (χ3v) is 2.96. The van der Waals surface area contributed by atoms with Crippen LogP contribution >= 0.6 is 24.0 Å². The fourth-order valence-electron chi connectivity index (χ4n) is 1.94. The van der Waals surface area contributed by atoms with Gasteiger partial charge in [-0.05, 0) is 23.6 Å². The Morgan fingerprint density at radius 1 is 1.05 bits per heavy atom. The van der Waals surface area contributed by atoms with Crippen LogP contribution in [0.15, 0.2) is 29.3 Å². The van der Waals surface area contributed by atoms with Crippen molar-refractivity contribution in [2.45, 2.75) is 19.8 Å². The molecule has 0 aliphatic rings. The Morgan fingerprint density at radius 3 is 2.00 bits per heavy atom. The van der Waals surface area contributed by atoms with Crippen molar-refractivity contribution >= 4 is 29.9 Å². The van der Waals surface area contributed by atoms with Crippen LogP contribution in [0.25, 0.3) is 0 Å². The molecule has 0 spiro atoms. The van der Waals surface area contributed by atoms with Gasteiger partial charge in [0.05, 0.1) is 6.54 Å². The molecule has 120 valence electrons. The summed E-state index contributed by atoms with van der Waals surface area (Å²) in [7, 11) is 7.96. The zero-order chi connectivity index (χ0) is 15.1. The second-order valence-corrected chi connectivity index (χ2v) is 5.54. The summed E-state index contributed by atoms with van der Waals surface area (Å²) < 4.78 is 5.71. The molecule has 0 saturated heterocycles. The lowest BCUT2D eigenvalue weighted by molar-refractivity contribution is 0.326. The lowest BCUT2D eigenvalue weighted by atomic mass is 10.0. The van der Waals surface area contributed by atoms with E-state index in [4.69, 9.17) is 4.74 Å². The molecule has 0 fully saturated rings. The van der Waals surface area contributed by atoms with Gasteiger partial charge in [0.25, 0.3) is 0 Å². The van der Waals surface area contributed by atoms with E-state index in [0.717, 1.165) is 11.7 Å². The fourth-order valence-corrected chi connectivity index (χ4v) is 1.94. The van der Waals surface area contributed by atoms with E-state index in [9.17, 15) is 0 Å². The number of hydrogen-bond acceptors (Lipinski definition) is 2. The van der Waals surface area contributed by atoms with Gasteiger partial charge in [0, 0.05) is 28.2 Å². The molecule has 0 unspecified atom stereocenters. The molecule has 1 aromatic carbocycles. The number of ether oxygens (including phenoxy) is 1. The van der Waals surface area contributed by atoms with E-state index < -0.39 is 0 Å². The average molecular weight is 405 g/mol. The van der Waals surface area contributed by atoms with Crippen LogP contribution in [0.2, 0.25) is 0 Å². The third kappa shape index (κ3) is 7.02. The van der Waals surface area contributed by atoms with E-state index in [-0.39, 0.29) is 24.0 Å². The number of benzene rings is 1. The van der Waals surface area contributed by atoms with Crippen LogP contribution in [-0.4, -0.2) is 57.1 Å². The molecule has 1 aromatic rings. The standard InChI is InChI=1S/C16H27N3O.HI/c1-13(2)14-7-9-15(10-8-14)20-12-11-17-16(18(3)4)19(5)6;/h7-10,13H,11-12H2,1-6H3;1H. The van der Waals surface area contributed by atoms with Crippen molar-refractivity contribution in [2.24, 2.45) is 4.99 Å². The Hall–Kier alpha value is -0.980. The first-order chi connectivity index (χ1) is 9.41. The highest BCUT2D eigenvalue weighted by Gasteiger charge is 2.03. The van der Waals surface area contributed by atoms with E-state index in [1.165, 1.54) is 5.56 Å².